The quantitative estimate of drug-likeness (QED) is 0.686. The Kier molecular flexibility index (Phi) is 3.77. The molecule has 0 heterocycles. The van der Waals surface area contributed by atoms with E-state index in [-0.39, 0.29) is 6.10 Å². The van der Waals surface area contributed by atoms with Crippen molar-refractivity contribution in [3.63, 3.8) is 0 Å². The van der Waals surface area contributed by atoms with Crippen molar-refractivity contribution in [2.75, 3.05) is 0 Å². The minimum Gasteiger partial charge on any atom is -0.392 e. The number of hydrogen-bond acceptors (Lipinski definition) is 1. The number of hydrogen-bond donors (Lipinski definition) is 1. The van der Waals surface area contributed by atoms with E-state index in [2.05, 4.69) is 27.4 Å². The first-order valence-electron chi connectivity index (χ1n) is 5.78. The van der Waals surface area contributed by atoms with E-state index in [1.54, 1.807) is 0 Å². The predicted molar refractivity (Wildman–Crippen MR) is 61.1 cm³/mol. The molecule has 1 aliphatic rings. The fourth-order valence-electron chi connectivity index (χ4n) is 3.21. The SMILES string of the molecule is C=CCC(O)C1[C@H](C)CCCC1(C)C. The predicted octanol–water partition coefficient (Wildman–Crippen LogP) is 3.39. The monoisotopic (exact) mass is 196 g/mol. The Bertz CT molecular complexity index is 195. The topological polar surface area (TPSA) is 20.2 Å². The van der Waals surface area contributed by atoms with Crippen LogP contribution in [0.25, 0.3) is 0 Å². The van der Waals surface area contributed by atoms with Gasteiger partial charge in [0.25, 0.3) is 0 Å². The van der Waals surface area contributed by atoms with E-state index in [1.807, 2.05) is 6.08 Å². The minimum atomic E-state index is -0.196. The second kappa shape index (κ2) is 4.48. The van der Waals surface area contributed by atoms with Crippen LogP contribution < -0.4 is 0 Å². The van der Waals surface area contributed by atoms with E-state index >= 15 is 0 Å². The van der Waals surface area contributed by atoms with Gasteiger partial charge < -0.3 is 5.11 Å². The molecule has 1 nitrogen and oxygen atoms in total. The van der Waals surface area contributed by atoms with Gasteiger partial charge in [-0.2, -0.15) is 0 Å². The zero-order chi connectivity index (χ0) is 10.8. The van der Waals surface area contributed by atoms with E-state index < -0.39 is 0 Å². The molecule has 82 valence electrons. The molecule has 1 aliphatic carbocycles. The molecule has 1 N–H and O–H groups in total. The normalized spacial score (nSPS) is 33.7. The van der Waals surface area contributed by atoms with E-state index in [0.717, 1.165) is 6.42 Å². The van der Waals surface area contributed by atoms with Gasteiger partial charge >= 0.3 is 0 Å². The van der Waals surface area contributed by atoms with Gasteiger partial charge in [-0.05, 0) is 30.1 Å². The molecule has 0 radical (unpaired) electrons. The van der Waals surface area contributed by atoms with E-state index in [1.165, 1.54) is 19.3 Å². The molecule has 0 aliphatic heterocycles. The zero-order valence-corrected chi connectivity index (χ0v) is 9.79. The van der Waals surface area contributed by atoms with Crippen molar-refractivity contribution in [2.45, 2.75) is 52.6 Å². The summed E-state index contributed by atoms with van der Waals surface area (Å²) in [5.74, 6) is 1.09. The Labute approximate surface area is 88.2 Å². The second-order valence-corrected chi connectivity index (χ2v) is 5.48. The van der Waals surface area contributed by atoms with Crippen LogP contribution in [0.1, 0.15) is 46.5 Å². The Balaban J connectivity index is 2.73. The van der Waals surface area contributed by atoms with Gasteiger partial charge in [0.05, 0.1) is 6.10 Å². The van der Waals surface area contributed by atoms with E-state index in [9.17, 15) is 5.11 Å². The van der Waals surface area contributed by atoms with Gasteiger partial charge in [-0.3, -0.25) is 0 Å². The lowest BCUT2D eigenvalue weighted by Crippen LogP contribution is -2.41. The van der Waals surface area contributed by atoms with E-state index in [4.69, 9.17) is 0 Å². The summed E-state index contributed by atoms with van der Waals surface area (Å²) in [4.78, 5) is 0. The van der Waals surface area contributed by atoms with Crippen molar-refractivity contribution in [2.24, 2.45) is 17.3 Å². The van der Waals surface area contributed by atoms with Crippen molar-refractivity contribution < 1.29 is 5.11 Å². The van der Waals surface area contributed by atoms with Crippen LogP contribution in [0.2, 0.25) is 0 Å². The lowest BCUT2D eigenvalue weighted by molar-refractivity contribution is -0.0256. The molecule has 14 heavy (non-hydrogen) atoms. The maximum atomic E-state index is 10.1. The molecule has 1 fully saturated rings. The summed E-state index contributed by atoms with van der Waals surface area (Å²) in [6.07, 6.45) is 6.20. The van der Waals surface area contributed by atoms with Crippen LogP contribution in [0.3, 0.4) is 0 Å². The molecule has 0 aromatic carbocycles. The third-order valence-electron chi connectivity index (χ3n) is 3.82. The molecule has 0 bridgehead atoms. The Morgan fingerprint density at radius 1 is 1.57 bits per heavy atom. The summed E-state index contributed by atoms with van der Waals surface area (Å²) in [5, 5.41) is 10.1. The lowest BCUT2D eigenvalue weighted by atomic mass is 9.62. The molecule has 1 heteroatoms. The third kappa shape index (κ3) is 2.38. The van der Waals surface area contributed by atoms with Gasteiger partial charge in [0, 0.05) is 0 Å². The molecule has 0 saturated heterocycles. The first-order chi connectivity index (χ1) is 6.49. The summed E-state index contributed by atoms with van der Waals surface area (Å²) in [6.45, 7) is 10.6. The molecule has 0 aromatic rings. The van der Waals surface area contributed by atoms with Crippen molar-refractivity contribution in [1.82, 2.24) is 0 Å². The van der Waals surface area contributed by atoms with Crippen LogP contribution in [0.15, 0.2) is 12.7 Å². The molecule has 0 aromatic heterocycles. The summed E-state index contributed by atoms with van der Waals surface area (Å²) in [7, 11) is 0. The summed E-state index contributed by atoms with van der Waals surface area (Å²) in [6, 6.07) is 0. The van der Waals surface area contributed by atoms with Crippen LogP contribution in [0, 0.1) is 17.3 Å². The molecule has 2 unspecified atom stereocenters. The van der Waals surface area contributed by atoms with Crippen molar-refractivity contribution in [3.05, 3.63) is 12.7 Å². The highest BCUT2D eigenvalue weighted by Crippen LogP contribution is 2.46. The van der Waals surface area contributed by atoms with Gasteiger partial charge in [-0.1, -0.05) is 39.7 Å². The standard InChI is InChI=1S/C13H24O/c1-5-7-11(14)12-10(2)8-6-9-13(12,3)4/h5,10-12,14H,1,6-9H2,2-4H3/t10-,11?,12?/m1/s1. The minimum absolute atomic E-state index is 0.196. The average Bonchev–Trinajstić information content (AvgIpc) is 2.02. The Morgan fingerprint density at radius 3 is 2.71 bits per heavy atom. The number of rotatable bonds is 3. The molecule has 1 rings (SSSR count). The van der Waals surface area contributed by atoms with Gasteiger partial charge in [0.1, 0.15) is 0 Å². The van der Waals surface area contributed by atoms with Crippen molar-refractivity contribution in [1.29, 1.82) is 0 Å². The van der Waals surface area contributed by atoms with Crippen molar-refractivity contribution in [3.8, 4) is 0 Å². The van der Waals surface area contributed by atoms with Crippen LogP contribution in [-0.2, 0) is 0 Å². The summed E-state index contributed by atoms with van der Waals surface area (Å²) >= 11 is 0. The molecular formula is C13H24O. The molecule has 0 amide bonds. The molecule has 0 spiro atoms. The molecule has 1 saturated carbocycles. The van der Waals surface area contributed by atoms with Crippen LogP contribution in [-0.4, -0.2) is 11.2 Å². The van der Waals surface area contributed by atoms with Crippen molar-refractivity contribution >= 4 is 0 Å². The molecule has 3 atom stereocenters. The third-order valence-corrected chi connectivity index (χ3v) is 3.82. The Morgan fingerprint density at radius 2 is 2.21 bits per heavy atom. The van der Waals surface area contributed by atoms with Gasteiger partial charge in [0.2, 0.25) is 0 Å². The smallest absolute Gasteiger partial charge is 0.0610 e. The average molecular weight is 196 g/mol. The van der Waals surface area contributed by atoms with Gasteiger partial charge in [-0.25, -0.2) is 0 Å². The first kappa shape index (κ1) is 11.8. The molecular weight excluding hydrogens is 172 g/mol. The number of aliphatic hydroxyl groups excluding tert-OH is 1. The highest BCUT2D eigenvalue weighted by molar-refractivity contribution is 4.92. The fourth-order valence-corrected chi connectivity index (χ4v) is 3.21. The fraction of sp³-hybridized carbons (Fsp3) is 0.846. The zero-order valence-electron chi connectivity index (χ0n) is 9.79. The van der Waals surface area contributed by atoms with Crippen LogP contribution in [0.5, 0.6) is 0 Å². The largest absolute Gasteiger partial charge is 0.392 e. The second-order valence-electron chi connectivity index (χ2n) is 5.48. The lowest BCUT2D eigenvalue weighted by Gasteiger charge is -2.45. The first-order valence-corrected chi connectivity index (χ1v) is 5.78. The van der Waals surface area contributed by atoms with Crippen LogP contribution in [0.4, 0.5) is 0 Å². The van der Waals surface area contributed by atoms with Gasteiger partial charge in [0.15, 0.2) is 0 Å². The highest BCUT2D eigenvalue weighted by Gasteiger charge is 2.40. The Hall–Kier alpha value is -0.300. The maximum absolute atomic E-state index is 10.1. The number of aliphatic hydroxyl groups is 1. The highest BCUT2D eigenvalue weighted by atomic mass is 16.3. The van der Waals surface area contributed by atoms with Crippen LogP contribution >= 0.6 is 0 Å². The summed E-state index contributed by atoms with van der Waals surface area (Å²) in [5.41, 5.74) is 0.292. The van der Waals surface area contributed by atoms with Gasteiger partial charge in [-0.15, -0.1) is 6.58 Å². The summed E-state index contributed by atoms with van der Waals surface area (Å²) < 4.78 is 0. The maximum Gasteiger partial charge on any atom is 0.0610 e. The van der Waals surface area contributed by atoms with E-state index in [0.29, 0.717) is 17.3 Å².